The maximum absolute atomic E-state index is 15.0. The summed E-state index contributed by atoms with van der Waals surface area (Å²) in [5.74, 6) is 0. The lowest BCUT2D eigenvalue weighted by molar-refractivity contribution is 0.592. The normalized spacial score (nSPS) is 11.5. The van der Waals surface area contributed by atoms with Crippen LogP contribution in [0, 0.1) is 6.57 Å². The second-order valence-electron chi connectivity index (χ2n) is 14.2. The Hall–Kier alpha value is -7.51. The molecule has 0 aliphatic carbocycles. The Bertz CT molecular complexity index is 3180. The smallest absolute Gasteiger partial charge is 0.197 e. The van der Waals surface area contributed by atoms with Gasteiger partial charge in [0.15, 0.2) is 12.8 Å². The van der Waals surface area contributed by atoms with Crippen molar-refractivity contribution in [2.75, 3.05) is 0 Å². The molecule has 0 bridgehead atoms. The van der Waals surface area contributed by atoms with E-state index < -0.39 is 7.14 Å². The van der Waals surface area contributed by atoms with Gasteiger partial charge in [-0.25, -0.2) is 19.8 Å². The highest BCUT2D eigenvalue weighted by Gasteiger charge is 2.29. The molecule has 0 fully saturated rings. The van der Waals surface area contributed by atoms with Crippen LogP contribution >= 0.6 is 7.14 Å². The van der Waals surface area contributed by atoms with Crippen LogP contribution in [0.5, 0.6) is 0 Å². The van der Waals surface area contributed by atoms with Crippen LogP contribution in [-0.4, -0.2) is 15.0 Å². The molecular formula is C52H33N4OP. The SMILES string of the molecule is [C-]#[N+]c1cc2nc(-c3ccccc3)c(-c3ccccc3)nc2c2c(-c3ccc(-c4ccc(P(=O)(c5ccccc5)c5ccccc5)cc4)cc3)nc3ccccc3c12. The molecule has 0 amide bonds. The van der Waals surface area contributed by atoms with Crippen LogP contribution in [0.2, 0.25) is 0 Å². The van der Waals surface area contributed by atoms with E-state index >= 15 is 0 Å². The third kappa shape index (κ3) is 5.96. The van der Waals surface area contributed by atoms with Crippen molar-refractivity contribution in [1.82, 2.24) is 15.0 Å². The third-order valence-electron chi connectivity index (χ3n) is 10.8. The zero-order valence-corrected chi connectivity index (χ0v) is 32.1. The number of hydrogen-bond donors (Lipinski definition) is 0. The second kappa shape index (κ2) is 14.5. The maximum Gasteiger partial charge on any atom is 0.197 e. The lowest BCUT2D eigenvalue weighted by atomic mass is 9.95. The summed E-state index contributed by atoms with van der Waals surface area (Å²) in [7, 11) is -3.09. The standard InChI is InChI=1S/C52H33N4OP/c1-53-45-34-46-52(56-51(38-18-8-3-9-19-38)50(55-46)37-16-6-2-7-17-37)48-47(45)43-24-14-15-25-44(43)54-49(48)39-28-26-35(27-29-39)36-30-32-42(33-31-36)58(57,40-20-10-4-11-21-40)41-22-12-5-13-23-41/h2-34H. The van der Waals surface area contributed by atoms with Crippen LogP contribution in [0.1, 0.15) is 0 Å². The highest BCUT2D eigenvalue weighted by Crippen LogP contribution is 2.45. The molecule has 0 saturated carbocycles. The van der Waals surface area contributed by atoms with Gasteiger partial charge in [-0.05, 0) is 28.6 Å². The molecule has 58 heavy (non-hydrogen) atoms. The Morgan fingerprint density at radius 1 is 0.397 bits per heavy atom. The van der Waals surface area contributed by atoms with Gasteiger partial charge in [0, 0.05) is 43.4 Å². The topological polar surface area (TPSA) is 60.1 Å². The van der Waals surface area contributed by atoms with Crippen LogP contribution in [0.15, 0.2) is 200 Å². The van der Waals surface area contributed by atoms with E-state index in [1.807, 2.05) is 164 Å². The summed E-state index contributed by atoms with van der Waals surface area (Å²) < 4.78 is 15.0. The number of fused-ring (bicyclic) bond motifs is 5. The molecule has 0 saturated heterocycles. The van der Waals surface area contributed by atoms with Crippen molar-refractivity contribution in [2.24, 2.45) is 0 Å². The Kier molecular flexibility index (Phi) is 8.75. The molecule has 0 N–H and O–H groups in total. The first-order valence-electron chi connectivity index (χ1n) is 19.1. The predicted octanol–water partition coefficient (Wildman–Crippen LogP) is 12.2. The number of nitrogens with zero attached hydrogens (tertiary/aromatic N) is 4. The van der Waals surface area contributed by atoms with E-state index in [9.17, 15) is 4.57 Å². The summed E-state index contributed by atoms with van der Waals surface area (Å²) in [4.78, 5) is 20.0. The van der Waals surface area contributed by atoms with Gasteiger partial charge in [0.2, 0.25) is 0 Å². The first-order valence-corrected chi connectivity index (χ1v) is 20.8. The monoisotopic (exact) mass is 760 g/mol. The van der Waals surface area contributed by atoms with Crippen LogP contribution in [-0.2, 0) is 4.57 Å². The fraction of sp³-hybridized carbons (Fsp3) is 0. The molecule has 10 aromatic rings. The molecule has 10 rings (SSSR count). The van der Waals surface area contributed by atoms with E-state index in [0.717, 1.165) is 82.5 Å². The number of pyridine rings is 1. The van der Waals surface area contributed by atoms with Crippen LogP contribution < -0.4 is 15.9 Å². The molecule has 0 aliphatic heterocycles. The molecule has 0 radical (unpaired) electrons. The molecular weight excluding hydrogens is 728 g/mol. The Balaban J connectivity index is 1.14. The van der Waals surface area contributed by atoms with Crippen LogP contribution in [0.3, 0.4) is 0 Å². The zero-order chi connectivity index (χ0) is 39.1. The van der Waals surface area contributed by atoms with Crippen molar-refractivity contribution in [3.63, 3.8) is 0 Å². The minimum Gasteiger partial charge on any atom is -0.309 e. The summed E-state index contributed by atoms with van der Waals surface area (Å²) in [6.07, 6.45) is 0. The minimum atomic E-state index is -3.09. The molecule has 6 heteroatoms. The van der Waals surface area contributed by atoms with Gasteiger partial charge in [0.05, 0.1) is 40.2 Å². The van der Waals surface area contributed by atoms with Crippen molar-refractivity contribution >= 4 is 61.5 Å². The quantitative estimate of drug-likeness (QED) is 0.0922. The first-order chi connectivity index (χ1) is 28.6. The average molecular weight is 761 g/mol. The van der Waals surface area contributed by atoms with E-state index in [1.165, 1.54) is 0 Å². The maximum atomic E-state index is 15.0. The Morgan fingerprint density at radius 3 is 1.40 bits per heavy atom. The summed E-state index contributed by atoms with van der Waals surface area (Å²) in [5, 5.41) is 4.89. The van der Waals surface area contributed by atoms with E-state index in [-0.39, 0.29) is 0 Å². The second-order valence-corrected chi connectivity index (χ2v) is 16.9. The Morgan fingerprint density at radius 2 is 0.828 bits per heavy atom. The van der Waals surface area contributed by atoms with Gasteiger partial charge in [-0.2, -0.15) is 0 Å². The minimum absolute atomic E-state index is 0.503. The molecule has 0 aliphatic rings. The summed E-state index contributed by atoms with van der Waals surface area (Å²) >= 11 is 0. The highest BCUT2D eigenvalue weighted by atomic mass is 31.2. The third-order valence-corrected chi connectivity index (χ3v) is 13.8. The number of hydrogen-bond acceptors (Lipinski definition) is 4. The fourth-order valence-electron chi connectivity index (χ4n) is 7.94. The van der Waals surface area contributed by atoms with E-state index in [2.05, 4.69) is 41.2 Å². The average Bonchev–Trinajstić information content (AvgIpc) is 3.31. The Labute approximate surface area is 336 Å². The molecule has 0 atom stereocenters. The van der Waals surface area contributed by atoms with Gasteiger partial charge in [-0.3, -0.25) is 0 Å². The lowest BCUT2D eigenvalue weighted by Crippen LogP contribution is -2.24. The van der Waals surface area contributed by atoms with Crippen molar-refractivity contribution in [2.45, 2.75) is 0 Å². The van der Waals surface area contributed by atoms with Gasteiger partial charge in [0.25, 0.3) is 0 Å². The van der Waals surface area contributed by atoms with Crippen molar-refractivity contribution < 1.29 is 4.57 Å². The van der Waals surface area contributed by atoms with Crippen molar-refractivity contribution in [3.8, 4) is 44.9 Å². The molecule has 2 aromatic heterocycles. The van der Waals surface area contributed by atoms with Gasteiger partial charge in [-0.15, -0.1) is 0 Å². The lowest BCUT2D eigenvalue weighted by Gasteiger charge is -2.20. The van der Waals surface area contributed by atoms with Crippen LogP contribution in [0.4, 0.5) is 5.69 Å². The zero-order valence-electron chi connectivity index (χ0n) is 31.2. The largest absolute Gasteiger partial charge is 0.309 e. The van der Waals surface area contributed by atoms with Crippen molar-refractivity contribution in [3.05, 3.63) is 212 Å². The molecule has 2 heterocycles. The van der Waals surface area contributed by atoms with E-state index in [0.29, 0.717) is 16.7 Å². The summed E-state index contributed by atoms with van der Waals surface area (Å²) in [6, 6.07) is 66.0. The van der Waals surface area contributed by atoms with Gasteiger partial charge in [-0.1, -0.05) is 188 Å². The van der Waals surface area contributed by atoms with Gasteiger partial charge >= 0.3 is 0 Å². The van der Waals surface area contributed by atoms with Gasteiger partial charge in [0.1, 0.15) is 0 Å². The molecule has 0 unspecified atom stereocenters. The molecule has 8 aromatic carbocycles. The van der Waals surface area contributed by atoms with Crippen molar-refractivity contribution in [1.29, 1.82) is 0 Å². The van der Waals surface area contributed by atoms with E-state index in [1.54, 1.807) is 0 Å². The molecule has 272 valence electrons. The molecule has 0 spiro atoms. The predicted molar refractivity (Wildman–Crippen MR) is 240 cm³/mol. The van der Waals surface area contributed by atoms with E-state index in [4.69, 9.17) is 21.5 Å². The summed E-state index contributed by atoms with van der Waals surface area (Å²) in [6.45, 7) is 8.36. The molecule has 5 nitrogen and oxygen atoms in total. The van der Waals surface area contributed by atoms with Gasteiger partial charge < -0.3 is 4.57 Å². The number of rotatable bonds is 7. The number of benzene rings is 8. The number of para-hydroxylation sites is 1. The first kappa shape index (κ1) is 34.9. The highest BCUT2D eigenvalue weighted by molar-refractivity contribution is 7.85. The number of aromatic nitrogens is 3. The van der Waals surface area contributed by atoms with Crippen LogP contribution in [0.25, 0.3) is 82.5 Å². The fourth-order valence-corrected chi connectivity index (χ4v) is 10.6. The summed E-state index contributed by atoms with van der Waals surface area (Å²) in [5.41, 5.74) is 9.69.